The molecule has 0 atom stereocenters. The van der Waals surface area contributed by atoms with Gasteiger partial charge in [-0.1, -0.05) is 15.9 Å². The van der Waals surface area contributed by atoms with Crippen molar-refractivity contribution in [2.24, 2.45) is 0 Å². The zero-order valence-corrected chi connectivity index (χ0v) is 6.44. The van der Waals surface area contributed by atoms with Crippen molar-refractivity contribution in [2.45, 2.75) is 17.7 Å². The first-order chi connectivity index (χ1) is 3.63. The third-order valence-corrected chi connectivity index (χ3v) is 1.42. The van der Waals surface area contributed by atoms with Gasteiger partial charge in [-0.05, 0) is 12.8 Å². The van der Waals surface area contributed by atoms with Crippen LogP contribution in [0.1, 0.15) is 12.8 Å². The number of hydrogen-bond donors (Lipinski definition) is 1. The predicted octanol–water partition coefficient (Wildman–Crippen LogP) is 2.45. The first kappa shape index (κ1) is 8.24. The number of hydrogen-bond acceptors (Lipinski definition) is 1. The Bertz CT molecular complexity index is 78.1. The van der Waals surface area contributed by atoms with Crippen LogP contribution >= 0.6 is 27.5 Å². The molecule has 8 heavy (non-hydrogen) atoms. The van der Waals surface area contributed by atoms with Crippen molar-refractivity contribution in [1.82, 2.24) is 0 Å². The molecule has 0 aromatic carbocycles. The summed E-state index contributed by atoms with van der Waals surface area (Å²) < 4.78 is 0. The molecule has 1 aliphatic rings. The van der Waals surface area contributed by atoms with Crippen molar-refractivity contribution in [1.29, 1.82) is 0 Å². The van der Waals surface area contributed by atoms with Crippen molar-refractivity contribution in [3.8, 4) is 0 Å². The van der Waals surface area contributed by atoms with Crippen LogP contribution in [-0.4, -0.2) is 15.4 Å². The van der Waals surface area contributed by atoms with Crippen LogP contribution in [0.2, 0.25) is 0 Å². The highest BCUT2D eigenvalue weighted by Crippen LogP contribution is 2.27. The minimum Gasteiger partial charge on any atom is -0.469 e. The lowest BCUT2D eigenvalue weighted by Gasteiger charge is -1.55. The molecule has 0 unspecified atom stereocenters. The molecule has 1 rings (SSSR count). The maximum Gasteiger partial charge on any atom is 0.401 e. The standard InChI is InChI=1S/C3H5Br.CHClO2/c4-3-1-2-3;2-1(3)4/h3H,1-2H2;(H,3,4). The molecule has 0 bridgehead atoms. The van der Waals surface area contributed by atoms with E-state index in [2.05, 4.69) is 27.5 Å². The number of carbonyl (C=O) groups is 1. The summed E-state index contributed by atoms with van der Waals surface area (Å²) >= 11 is 7.57. The van der Waals surface area contributed by atoms with Crippen LogP contribution in [0.5, 0.6) is 0 Å². The Balaban J connectivity index is 0.000000122. The fraction of sp³-hybridized carbons (Fsp3) is 0.750. The van der Waals surface area contributed by atoms with E-state index in [4.69, 9.17) is 9.90 Å². The third kappa shape index (κ3) is 16.3. The van der Waals surface area contributed by atoms with Gasteiger partial charge in [-0.3, -0.25) is 0 Å². The molecule has 0 spiro atoms. The average Bonchev–Trinajstić information content (AvgIpc) is 2.19. The van der Waals surface area contributed by atoms with Crippen molar-refractivity contribution < 1.29 is 9.90 Å². The Morgan fingerprint density at radius 2 is 1.88 bits per heavy atom. The lowest BCUT2D eigenvalue weighted by Crippen LogP contribution is -1.66. The zero-order valence-electron chi connectivity index (χ0n) is 4.10. The van der Waals surface area contributed by atoms with Crippen LogP contribution in [0.3, 0.4) is 0 Å². The Hall–Kier alpha value is 0.240. The summed E-state index contributed by atoms with van der Waals surface area (Å²) in [6, 6.07) is 0. The van der Waals surface area contributed by atoms with Gasteiger partial charge in [0.2, 0.25) is 0 Å². The Labute approximate surface area is 61.0 Å². The van der Waals surface area contributed by atoms with E-state index >= 15 is 0 Å². The molecular formula is C4H6BrClO2. The summed E-state index contributed by atoms with van der Waals surface area (Å²) in [5.74, 6) is 0. The number of alkyl halides is 1. The fourth-order valence-corrected chi connectivity index (χ4v) is 0.327. The fourth-order valence-electron chi connectivity index (χ4n) is 0.0630. The van der Waals surface area contributed by atoms with E-state index in [-0.39, 0.29) is 0 Å². The largest absolute Gasteiger partial charge is 0.469 e. The lowest BCUT2D eigenvalue weighted by molar-refractivity contribution is 0.220. The van der Waals surface area contributed by atoms with Crippen LogP contribution in [0.25, 0.3) is 0 Å². The lowest BCUT2D eigenvalue weighted by atomic mass is 11.0. The quantitative estimate of drug-likeness (QED) is 0.483. The van der Waals surface area contributed by atoms with Gasteiger partial charge in [0.25, 0.3) is 0 Å². The summed E-state index contributed by atoms with van der Waals surface area (Å²) in [5, 5.41) is 7.18. The van der Waals surface area contributed by atoms with Gasteiger partial charge in [-0.15, -0.1) is 0 Å². The molecule has 0 aromatic rings. The van der Waals surface area contributed by atoms with Crippen LogP contribution < -0.4 is 0 Å². The zero-order chi connectivity index (χ0) is 6.57. The first-order valence-electron chi connectivity index (χ1n) is 2.15. The molecule has 2 nitrogen and oxygen atoms in total. The SMILES string of the molecule is BrC1CC1.O=C(O)Cl. The normalized spacial score (nSPS) is 16.2. The maximum absolute atomic E-state index is 8.77. The van der Waals surface area contributed by atoms with E-state index in [1.165, 1.54) is 12.8 Å². The summed E-state index contributed by atoms with van der Waals surface area (Å²) in [6.45, 7) is 0. The van der Waals surface area contributed by atoms with Gasteiger partial charge in [-0.2, -0.15) is 0 Å². The summed E-state index contributed by atoms with van der Waals surface area (Å²) in [5.41, 5.74) is -1.36. The van der Waals surface area contributed by atoms with Gasteiger partial charge >= 0.3 is 5.43 Å². The minimum absolute atomic E-state index is 0.896. The second kappa shape index (κ2) is 4.15. The van der Waals surface area contributed by atoms with Gasteiger partial charge < -0.3 is 5.11 Å². The highest BCUT2D eigenvalue weighted by atomic mass is 79.9. The molecule has 4 heteroatoms. The summed E-state index contributed by atoms with van der Waals surface area (Å²) in [6.07, 6.45) is 2.81. The molecule has 48 valence electrons. The van der Waals surface area contributed by atoms with Crippen molar-refractivity contribution in [3.63, 3.8) is 0 Å². The van der Waals surface area contributed by atoms with Crippen molar-refractivity contribution in [3.05, 3.63) is 0 Å². The van der Waals surface area contributed by atoms with E-state index < -0.39 is 5.43 Å². The number of carboxylic acid groups (broad SMARTS) is 1. The molecule has 1 fully saturated rings. The van der Waals surface area contributed by atoms with E-state index in [0.717, 1.165) is 4.83 Å². The molecular weight excluding hydrogens is 195 g/mol. The second-order valence-corrected chi connectivity index (χ2v) is 3.05. The van der Waals surface area contributed by atoms with E-state index in [0.29, 0.717) is 0 Å². The van der Waals surface area contributed by atoms with Crippen molar-refractivity contribution in [2.75, 3.05) is 0 Å². The molecule has 0 aromatic heterocycles. The smallest absolute Gasteiger partial charge is 0.401 e. The molecule has 0 radical (unpaired) electrons. The Kier molecular flexibility index (Phi) is 4.28. The van der Waals surface area contributed by atoms with Gasteiger partial charge in [0.1, 0.15) is 0 Å². The van der Waals surface area contributed by atoms with Gasteiger partial charge in [-0.25, -0.2) is 4.79 Å². The van der Waals surface area contributed by atoms with Gasteiger partial charge in [0.05, 0.1) is 0 Å². The summed E-state index contributed by atoms with van der Waals surface area (Å²) in [7, 11) is 0. The highest BCUT2D eigenvalue weighted by Gasteiger charge is 2.15. The average molecular weight is 201 g/mol. The van der Waals surface area contributed by atoms with E-state index in [1.807, 2.05) is 0 Å². The van der Waals surface area contributed by atoms with Gasteiger partial charge in [0.15, 0.2) is 0 Å². The Morgan fingerprint density at radius 1 is 1.75 bits per heavy atom. The molecule has 0 amide bonds. The van der Waals surface area contributed by atoms with Gasteiger partial charge in [0, 0.05) is 16.4 Å². The van der Waals surface area contributed by atoms with Crippen LogP contribution in [0.4, 0.5) is 4.79 Å². The van der Waals surface area contributed by atoms with Crippen LogP contribution in [0, 0.1) is 0 Å². The highest BCUT2D eigenvalue weighted by molar-refractivity contribution is 9.09. The maximum atomic E-state index is 8.77. The molecule has 1 saturated carbocycles. The number of halogens is 2. The monoisotopic (exact) mass is 200 g/mol. The number of rotatable bonds is 0. The van der Waals surface area contributed by atoms with Crippen LogP contribution in [0.15, 0.2) is 0 Å². The van der Waals surface area contributed by atoms with E-state index in [1.54, 1.807) is 0 Å². The summed E-state index contributed by atoms with van der Waals surface area (Å²) in [4.78, 5) is 9.66. The topological polar surface area (TPSA) is 37.3 Å². The predicted molar refractivity (Wildman–Crippen MR) is 35.8 cm³/mol. The Morgan fingerprint density at radius 3 is 1.88 bits per heavy atom. The van der Waals surface area contributed by atoms with E-state index in [9.17, 15) is 0 Å². The third-order valence-electron chi connectivity index (χ3n) is 0.507. The second-order valence-electron chi connectivity index (χ2n) is 1.43. The molecule has 0 aliphatic heterocycles. The van der Waals surface area contributed by atoms with Crippen LogP contribution in [-0.2, 0) is 0 Å². The molecule has 0 heterocycles. The van der Waals surface area contributed by atoms with Crippen molar-refractivity contribution >= 4 is 33.0 Å². The molecule has 1 aliphatic carbocycles. The first-order valence-corrected chi connectivity index (χ1v) is 3.45. The minimum atomic E-state index is -1.36. The molecule has 1 N–H and O–H groups in total. The molecule has 0 saturated heterocycles.